The second-order valence-corrected chi connectivity index (χ2v) is 7.12. The molecule has 26 heavy (non-hydrogen) atoms. The van der Waals surface area contributed by atoms with Crippen molar-refractivity contribution < 1.29 is 9.18 Å². The van der Waals surface area contributed by atoms with Crippen LogP contribution in [0.15, 0.2) is 64.6 Å². The second-order valence-electron chi connectivity index (χ2n) is 6.16. The first-order valence-electron chi connectivity index (χ1n) is 8.43. The molecular formula is C20H20FN3OS. The summed E-state index contributed by atoms with van der Waals surface area (Å²) in [5.41, 5.74) is 1.91. The third-order valence-electron chi connectivity index (χ3n) is 4.08. The third-order valence-corrected chi connectivity index (χ3v) is 5.05. The maximum Gasteiger partial charge on any atom is 0.234 e. The Hall–Kier alpha value is -2.47. The minimum absolute atomic E-state index is 0.165. The fourth-order valence-corrected chi connectivity index (χ4v) is 3.39. The lowest BCUT2D eigenvalue weighted by atomic mass is 10.1. The summed E-state index contributed by atoms with van der Waals surface area (Å²) in [6, 6.07) is 15.6. The molecule has 1 N–H and O–H groups in total. The molecule has 0 aliphatic carbocycles. The predicted octanol–water partition coefficient (Wildman–Crippen LogP) is 4.53. The van der Waals surface area contributed by atoms with Crippen molar-refractivity contribution in [1.29, 1.82) is 0 Å². The molecule has 1 aliphatic rings. The molecule has 0 saturated heterocycles. The predicted molar refractivity (Wildman–Crippen MR) is 107 cm³/mol. The fourth-order valence-electron chi connectivity index (χ4n) is 2.49. The Morgan fingerprint density at radius 2 is 1.81 bits per heavy atom. The van der Waals surface area contributed by atoms with Crippen LogP contribution in [0.5, 0.6) is 0 Å². The van der Waals surface area contributed by atoms with Crippen LogP contribution < -0.4 is 5.32 Å². The van der Waals surface area contributed by atoms with Crippen molar-refractivity contribution in [3.63, 3.8) is 0 Å². The van der Waals surface area contributed by atoms with Gasteiger partial charge in [-0.05, 0) is 37.6 Å². The maximum atomic E-state index is 12.9. The number of nitrogens with zero attached hydrogens (tertiary/aromatic N) is 2. The lowest BCUT2D eigenvalue weighted by Crippen LogP contribution is -2.17. The highest BCUT2D eigenvalue weighted by Gasteiger charge is 2.31. The summed E-state index contributed by atoms with van der Waals surface area (Å²) >= 11 is 1.37. The normalized spacial score (nSPS) is 19.0. The molecule has 3 rings (SSSR count). The molecular weight excluding hydrogens is 349 g/mol. The first kappa shape index (κ1) is 18.3. The van der Waals surface area contributed by atoms with Crippen molar-refractivity contribution in [2.24, 2.45) is 9.98 Å². The summed E-state index contributed by atoms with van der Waals surface area (Å²) in [5.74, 6) is -0.288. The van der Waals surface area contributed by atoms with Gasteiger partial charge >= 0.3 is 0 Å². The number of nitrogens with one attached hydrogen (secondary N) is 1. The van der Waals surface area contributed by atoms with Gasteiger partial charge in [0.1, 0.15) is 16.5 Å². The average Bonchev–Trinajstić information content (AvgIpc) is 3.00. The summed E-state index contributed by atoms with van der Waals surface area (Å²) in [7, 11) is 0. The van der Waals surface area contributed by atoms with E-state index < -0.39 is 5.66 Å². The van der Waals surface area contributed by atoms with Gasteiger partial charge in [-0.15, -0.1) is 0 Å². The van der Waals surface area contributed by atoms with Crippen LogP contribution in [0.1, 0.15) is 25.8 Å². The molecule has 0 bridgehead atoms. The van der Waals surface area contributed by atoms with Gasteiger partial charge in [0.15, 0.2) is 0 Å². The Morgan fingerprint density at radius 3 is 2.46 bits per heavy atom. The summed E-state index contributed by atoms with van der Waals surface area (Å²) < 4.78 is 12.9. The number of halogens is 1. The Kier molecular flexibility index (Phi) is 5.52. The highest BCUT2D eigenvalue weighted by molar-refractivity contribution is 8.16. The summed E-state index contributed by atoms with van der Waals surface area (Å²) in [6.45, 7) is 4.03. The van der Waals surface area contributed by atoms with Gasteiger partial charge in [0.2, 0.25) is 5.91 Å². The molecule has 1 heterocycles. The monoisotopic (exact) mass is 369 g/mol. The molecule has 0 unspecified atom stereocenters. The number of anilines is 1. The van der Waals surface area contributed by atoms with E-state index in [0.29, 0.717) is 5.69 Å². The molecule has 1 aliphatic heterocycles. The summed E-state index contributed by atoms with van der Waals surface area (Å²) in [6.07, 6.45) is 0.787. The van der Waals surface area contributed by atoms with Gasteiger partial charge in [-0.25, -0.2) is 9.38 Å². The van der Waals surface area contributed by atoms with Gasteiger partial charge in [-0.2, -0.15) is 0 Å². The van der Waals surface area contributed by atoms with Crippen molar-refractivity contribution >= 4 is 34.1 Å². The van der Waals surface area contributed by atoms with Gasteiger partial charge in [0.25, 0.3) is 0 Å². The second kappa shape index (κ2) is 7.83. The number of thioether (sulfide) groups is 1. The van der Waals surface area contributed by atoms with Gasteiger partial charge in [0, 0.05) is 11.3 Å². The van der Waals surface area contributed by atoms with Crippen LogP contribution in [0.3, 0.4) is 0 Å². The van der Waals surface area contributed by atoms with Crippen LogP contribution in [0.4, 0.5) is 10.1 Å². The van der Waals surface area contributed by atoms with Crippen molar-refractivity contribution in [3.8, 4) is 0 Å². The van der Waals surface area contributed by atoms with Crippen LogP contribution in [0, 0.1) is 5.82 Å². The zero-order valence-electron chi connectivity index (χ0n) is 14.7. The first-order chi connectivity index (χ1) is 12.5. The lowest BCUT2D eigenvalue weighted by Gasteiger charge is -2.13. The summed E-state index contributed by atoms with van der Waals surface area (Å²) in [5, 5.41) is 3.53. The standard InChI is InChI=1S/C20H20FN3OS/c1-3-20(2)23-18(14-7-5-4-6-8-14)19(24-20)26-13-17(25)22-16-11-9-15(21)10-12-16/h4-12H,3,13H2,1-2H3,(H,22,25)/t20-/m1/s1. The van der Waals surface area contributed by atoms with Crippen molar-refractivity contribution in [2.75, 3.05) is 11.1 Å². The number of amides is 1. The van der Waals surface area contributed by atoms with E-state index in [1.165, 1.54) is 36.0 Å². The van der Waals surface area contributed by atoms with Crippen LogP contribution in [-0.2, 0) is 4.79 Å². The van der Waals surface area contributed by atoms with Gasteiger partial charge in [0.05, 0.1) is 11.5 Å². The molecule has 0 saturated carbocycles. The van der Waals surface area contributed by atoms with Crippen LogP contribution in [-0.4, -0.2) is 28.1 Å². The Balaban J connectivity index is 1.69. The van der Waals surface area contributed by atoms with E-state index in [4.69, 9.17) is 9.98 Å². The SMILES string of the molecule is CC[C@@]1(C)N=C(SCC(=O)Nc2ccc(F)cc2)C(c2ccccc2)=N1. The number of hydrogen-bond donors (Lipinski definition) is 1. The van der Waals surface area contributed by atoms with Crippen LogP contribution in [0.25, 0.3) is 0 Å². The van der Waals surface area contributed by atoms with Crippen molar-refractivity contribution in [2.45, 2.75) is 25.9 Å². The van der Waals surface area contributed by atoms with E-state index in [1.807, 2.05) is 44.2 Å². The average molecular weight is 369 g/mol. The van der Waals surface area contributed by atoms with E-state index in [9.17, 15) is 9.18 Å². The van der Waals surface area contributed by atoms with Crippen molar-refractivity contribution in [1.82, 2.24) is 0 Å². The maximum absolute atomic E-state index is 12.9. The smallest absolute Gasteiger partial charge is 0.234 e. The quantitative estimate of drug-likeness (QED) is 0.842. The van der Waals surface area contributed by atoms with Gasteiger partial charge < -0.3 is 5.32 Å². The van der Waals surface area contributed by atoms with E-state index in [0.717, 1.165) is 22.7 Å². The zero-order valence-corrected chi connectivity index (χ0v) is 15.5. The Bertz CT molecular complexity index is 849. The van der Waals surface area contributed by atoms with Crippen molar-refractivity contribution in [3.05, 3.63) is 66.0 Å². The highest BCUT2D eigenvalue weighted by atomic mass is 32.2. The van der Waals surface area contributed by atoms with E-state index >= 15 is 0 Å². The third kappa shape index (κ3) is 4.38. The number of benzene rings is 2. The molecule has 2 aromatic carbocycles. The van der Waals surface area contributed by atoms with E-state index in [1.54, 1.807) is 0 Å². The van der Waals surface area contributed by atoms with Crippen LogP contribution in [0.2, 0.25) is 0 Å². The Morgan fingerprint density at radius 1 is 1.12 bits per heavy atom. The number of hydrogen-bond acceptors (Lipinski definition) is 4. The topological polar surface area (TPSA) is 53.8 Å². The minimum atomic E-state index is -0.485. The molecule has 1 amide bonds. The van der Waals surface area contributed by atoms with E-state index in [-0.39, 0.29) is 17.5 Å². The first-order valence-corrected chi connectivity index (χ1v) is 9.41. The Labute approximate surface area is 156 Å². The number of carbonyl (C=O) groups is 1. The molecule has 0 spiro atoms. The molecule has 4 nitrogen and oxygen atoms in total. The molecule has 6 heteroatoms. The lowest BCUT2D eigenvalue weighted by molar-refractivity contribution is -0.113. The number of aliphatic imine (C=N–C) groups is 2. The van der Waals surface area contributed by atoms with Crippen LogP contribution >= 0.6 is 11.8 Å². The van der Waals surface area contributed by atoms with E-state index in [2.05, 4.69) is 5.32 Å². The molecule has 0 radical (unpaired) electrons. The van der Waals surface area contributed by atoms with Gasteiger partial charge in [-0.1, -0.05) is 49.0 Å². The molecule has 2 aromatic rings. The molecule has 1 atom stereocenters. The minimum Gasteiger partial charge on any atom is -0.325 e. The highest BCUT2D eigenvalue weighted by Crippen LogP contribution is 2.29. The summed E-state index contributed by atoms with van der Waals surface area (Å²) in [4.78, 5) is 21.7. The largest absolute Gasteiger partial charge is 0.325 e. The molecule has 134 valence electrons. The molecule has 0 fully saturated rings. The number of carbonyl (C=O) groups excluding carboxylic acids is 1. The van der Waals surface area contributed by atoms with Gasteiger partial charge in [-0.3, -0.25) is 9.79 Å². The zero-order chi connectivity index (χ0) is 18.6. The molecule has 0 aromatic heterocycles. The number of rotatable bonds is 5. The fraction of sp³-hybridized carbons (Fsp3) is 0.250.